The zero-order valence-corrected chi connectivity index (χ0v) is 42.4. The highest BCUT2D eigenvalue weighted by atomic mass is 16.3. The van der Waals surface area contributed by atoms with Crippen molar-refractivity contribution in [3.05, 3.63) is 234 Å². The maximum absolute atomic E-state index is 6.98. The van der Waals surface area contributed by atoms with E-state index in [1.807, 2.05) is 12.1 Å². The molecule has 0 amide bonds. The molecule has 0 radical (unpaired) electrons. The Hall–Kier alpha value is -9.32. The van der Waals surface area contributed by atoms with Gasteiger partial charge in [0.15, 0.2) is 5.58 Å². The van der Waals surface area contributed by atoms with Gasteiger partial charge in [-0.15, -0.1) is 0 Å². The van der Waals surface area contributed by atoms with E-state index in [9.17, 15) is 0 Å². The van der Waals surface area contributed by atoms with Crippen LogP contribution in [0.3, 0.4) is 0 Å². The van der Waals surface area contributed by atoms with Crippen LogP contribution in [0.25, 0.3) is 120 Å². The van der Waals surface area contributed by atoms with Crippen molar-refractivity contribution in [2.45, 2.75) is 45.4 Å². The van der Waals surface area contributed by atoms with Gasteiger partial charge in [0, 0.05) is 65.6 Å². The molecule has 0 saturated heterocycles. The normalized spacial score (nSPS) is 12.9. The van der Waals surface area contributed by atoms with Crippen molar-refractivity contribution in [1.29, 1.82) is 0 Å². The fraction of sp³-hybridized carbons (Fsp3) is 0.0986. The highest BCUT2D eigenvalue weighted by Gasteiger charge is 2.30. The summed E-state index contributed by atoms with van der Waals surface area (Å²) in [5, 5.41) is 16.2. The minimum Gasteiger partial charge on any atom is -0.456 e. The van der Waals surface area contributed by atoms with Gasteiger partial charge in [-0.3, -0.25) is 0 Å². The Kier molecular flexibility index (Phi) is 9.13. The average Bonchev–Trinajstić information content (AvgIpc) is 4.32. The third-order valence-corrected chi connectivity index (χ3v) is 16.5. The molecule has 0 saturated carbocycles. The standard InChI is InChI=1S/C71H49NO4/c1-39(2)54-37-58(67(41-27-33-65-56(35-41)45-17-7-9-23-61(45)73-65)53-21-13-19-50-43-15-5-11-25-63(43)75-70(50)53)49-30-29-48-55(40(3)4)38-60(52-32-31-47(54)68(49)69(48)52)72(42-28-34-66-57(36-42)46-18-8-10-24-62(46)74-66)59-22-14-20-51-44-16-6-12-26-64(44)76-71(51)59/h5-40,67H,1-4H3. The van der Waals surface area contributed by atoms with Crippen molar-refractivity contribution in [3.63, 3.8) is 0 Å². The lowest BCUT2D eigenvalue weighted by Crippen LogP contribution is -2.12. The van der Waals surface area contributed by atoms with Crippen LogP contribution in [0, 0.1) is 0 Å². The van der Waals surface area contributed by atoms with Crippen molar-refractivity contribution in [2.75, 3.05) is 4.90 Å². The van der Waals surface area contributed by atoms with Gasteiger partial charge in [-0.2, -0.15) is 0 Å². The molecular weight excluding hydrogens is 931 g/mol. The van der Waals surface area contributed by atoms with Crippen LogP contribution in [-0.2, 0) is 0 Å². The SMILES string of the molecule is CC(C)c1cc(C(c2ccc3oc4ccccc4c3c2)c2cccc3c2oc2ccccc23)c2ccc3c(C(C)C)cc(N(c4ccc5oc6ccccc6c5c4)c4cccc5c4oc4ccccc45)c4ccc1c2c34. The predicted octanol–water partition coefficient (Wildman–Crippen LogP) is 21.1. The van der Waals surface area contributed by atoms with Crippen LogP contribution in [0.1, 0.15) is 73.3 Å². The van der Waals surface area contributed by atoms with Crippen LogP contribution >= 0.6 is 0 Å². The number of nitrogens with zero attached hydrogens (tertiary/aromatic N) is 1. The third-order valence-electron chi connectivity index (χ3n) is 16.5. The second kappa shape index (κ2) is 16.1. The molecule has 5 nitrogen and oxygen atoms in total. The monoisotopic (exact) mass is 979 g/mol. The molecular formula is C71H49NO4. The highest BCUT2D eigenvalue weighted by molar-refractivity contribution is 6.28. The van der Waals surface area contributed by atoms with Crippen molar-refractivity contribution in [2.24, 2.45) is 0 Å². The van der Waals surface area contributed by atoms with Crippen LogP contribution in [-0.4, -0.2) is 0 Å². The number of anilines is 3. The first-order valence-electron chi connectivity index (χ1n) is 26.6. The lowest BCUT2D eigenvalue weighted by atomic mass is 9.77. The lowest BCUT2D eigenvalue weighted by Gasteiger charge is -2.30. The fourth-order valence-electron chi connectivity index (χ4n) is 13.1. The van der Waals surface area contributed by atoms with Crippen LogP contribution in [0.5, 0.6) is 0 Å². The summed E-state index contributed by atoms with van der Waals surface area (Å²) >= 11 is 0. The van der Waals surface area contributed by atoms with Gasteiger partial charge in [-0.05, 0) is 128 Å². The Bertz CT molecular complexity index is 4720. The topological polar surface area (TPSA) is 55.8 Å². The lowest BCUT2D eigenvalue weighted by molar-refractivity contribution is 0.661. The van der Waals surface area contributed by atoms with E-state index in [1.165, 1.54) is 49.2 Å². The molecule has 16 aromatic rings. The van der Waals surface area contributed by atoms with E-state index in [4.69, 9.17) is 17.7 Å². The Balaban J connectivity index is 1.03. The molecule has 4 heterocycles. The molecule has 0 spiro atoms. The average molecular weight is 980 g/mol. The van der Waals surface area contributed by atoms with E-state index in [0.717, 1.165) is 116 Å². The number of fused-ring (bicyclic) bond motifs is 12. The zero-order valence-electron chi connectivity index (χ0n) is 42.4. The predicted molar refractivity (Wildman–Crippen MR) is 316 cm³/mol. The molecule has 362 valence electrons. The van der Waals surface area contributed by atoms with Gasteiger partial charge in [-0.25, -0.2) is 0 Å². The summed E-state index contributed by atoms with van der Waals surface area (Å²) < 4.78 is 26.9. The van der Waals surface area contributed by atoms with Gasteiger partial charge in [0.05, 0.1) is 11.4 Å². The summed E-state index contributed by atoms with van der Waals surface area (Å²) in [6.45, 7) is 9.33. The first-order chi connectivity index (χ1) is 37.3. The molecule has 0 aliphatic carbocycles. The van der Waals surface area contributed by atoms with Crippen molar-refractivity contribution < 1.29 is 17.7 Å². The molecule has 0 bridgehead atoms. The fourth-order valence-corrected chi connectivity index (χ4v) is 13.1. The largest absolute Gasteiger partial charge is 0.456 e. The van der Waals surface area contributed by atoms with E-state index >= 15 is 0 Å². The van der Waals surface area contributed by atoms with Crippen molar-refractivity contribution in [3.8, 4) is 0 Å². The summed E-state index contributed by atoms with van der Waals surface area (Å²) in [7, 11) is 0. The molecule has 5 heteroatoms. The van der Waals surface area contributed by atoms with Gasteiger partial charge >= 0.3 is 0 Å². The second-order valence-corrected chi connectivity index (χ2v) is 21.4. The van der Waals surface area contributed by atoms with Crippen molar-refractivity contribution in [1.82, 2.24) is 0 Å². The molecule has 0 N–H and O–H groups in total. The number of rotatable bonds is 8. The molecule has 76 heavy (non-hydrogen) atoms. The number of benzene rings is 12. The van der Waals surface area contributed by atoms with E-state index in [0.29, 0.717) is 0 Å². The number of hydrogen-bond acceptors (Lipinski definition) is 5. The Labute approximate surface area is 437 Å². The highest BCUT2D eigenvalue weighted by Crippen LogP contribution is 2.53. The quantitative estimate of drug-likeness (QED) is 0.112. The Morgan fingerprint density at radius 1 is 0.289 bits per heavy atom. The Morgan fingerprint density at radius 3 is 1.38 bits per heavy atom. The van der Waals surface area contributed by atoms with E-state index in [1.54, 1.807) is 0 Å². The molecule has 16 rings (SSSR count). The third kappa shape index (κ3) is 6.14. The molecule has 1 unspecified atom stereocenters. The van der Waals surface area contributed by atoms with Gasteiger partial charge < -0.3 is 22.6 Å². The molecule has 12 aromatic carbocycles. The number of hydrogen-bond donors (Lipinski definition) is 0. The van der Waals surface area contributed by atoms with Gasteiger partial charge in [0.25, 0.3) is 0 Å². The molecule has 0 fully saturated rings. The van der Waals surface area contributed by atoms with E-state index in [2.05, 4.69) is 227 Å². The molecule has 0 aliphatic heterocycles. The Morgan fingerprint density at radius 2 is 0.750 bits per heavy atom. The first-order valence-corrected chi connectivity index (χ1v) is 26.6. The van der Waals surface area contributed by atoms with Crippen LogP contribution in [0.4, 0.5) is 17.1 Å². The van der Waals surface area contributed by atoms with E-state index in [-0.39, 0.29) is 17.8 Å². The van der Waals surface area contributed by atoms with Gasteiger partial charge in [-0.1, -0.05) is 167 Å². The van der Waals surface area contributed by atoms with Crippen LogP contribution in [0.15, 0.2) is 224 Å². The molecule has 1 atom stereocenters. The van der Waals surface area contributed by atoms with Crippen molar-refractivity contribution >= 4 is 137 Å². The molecule has 4 aromatic heterocycles. The summed E-state index contributed by atoms with van der Waals surface area (Å²) in [6, 6.07) is 74.8. The van der Waals surface area contributed by atoms with Gasteiger partial charge in [0.1, 0.15) is 39.1 Å². The van der Waals surface area contributed by atoms with Crippen LogP contribution in [0.2, 0.25) is 0 Å². The minimum absolute atomic E-state index is 0.200. The summed E-state index contributed by atoms with van der Waals surface area (Å²) in [4.78, 5) is 2.45. The summed E-state index contributed by atoms with van der Waals surface area (Å²) in [5.41, 5.74) is 16.2. The minimum atomic E-state index is -0.216. The number of furan rings is 4. The number of para-hydroxylation sites is 6. The van der Waals surface area contributed by atoms with E-state index < -0.39 is 0 Å². The molecule has 0 aliphatic rings. The summed E-state index contributed by atoms with van der Waals surface area (Å²) in [5.74, 6) is 0.201. The maximum Gasteiger partial charge on any atom is 0.159 e. The second-order valence-electron chi connectivity index (χ2n) is 21.4. The first kappa shape index (κ1) is 43.1. The summed E-state index contributed by atoms with van der Waals surface area (Å²) in [6.07, 6.45) is 0. The zero-order chi connectivity index (χ0) is 50.5. The van der Waals surface area contributed by atoms with Crippen LogP contribution < -0.4 is 4.90 Å². The van der Waals surface area contributed by atoms with Gasteiger partial charge in [0.2, 0.25) is 0 Å². The smallest absolute Gasteiger partial charge is 0.159 e. The maximum atomic E-state index is 6.98.